The summed E-state index contributed by atoms with van der Waals surface area (Å²) in [5, 5.41) is 13.2. The summed E-state index contributed by atoms with van der Waals surface area (Å²) in [5.41, 5.74) is 0.521. The molecule has 2 aromatic rings. The van der Waals surface area contributed by atoms with Gasteiger partial charge < -0.3 is 10.6 Å². The van der Waals surface area contributed by atoms with E-state index in [1.165, 1.54) is 0 Å². The summed E-state index contributed by atoms with van der Waals surface area (Å²) in [7, 11) is 0. The fourth-order valence-corrected chi connectivity index (χ4v) is 2.04. The molecule has 9 heteroatoms. The molecule has 0 saturated heterocycles. The predicted octanol–water partition coefficient (Wildman–Crippen LogP) is 3.73. The van der Waals surface area contributed by atoms with E-state index < -0.39 is 11.7 Å². The van der Waals surface area contributed by atoms with Gasteiger partial charge in [0.25, 0.3) is 0 Å². The van der Waals surface area contributed by atoms with Gasteiger partial charge in [-0.15, -0.1) is 0 Å². The van der Waals surface area contributed by atoms with Gasteiger partial charge in [0.2, 0.25) is 0 Å². The van der Waals surface area contributed by atoms with Crippen molar-refractivity contribution >= 4 is 29.0 Å². The third kappa shape index (κ3) is 5.21. The van der Waals surface area contributed by atoms with E-state index in [0.717, 1.165) is 11.6 Å². The quantitative estimate of drug-likeness (QED) is 0.439. The Morgan fingerprint density at radius 3 is 2.60 bits per heavy atom. The van der Waals surface area contributed by atoms with Crippen molar-refractivity contribution in [2.24, 2.45) is 0 Å². The van der Waals surface area contributed by atoms with Crippen molar-refractivity contribution in [2.45, 2.75) is 25.9 Å². The van der Waals surface area contributed by atoms with E-state index in [1.807, 2.05) is 19.9 Å². The zero-order chi connectivity index (χ0) is 18.6. The van der Waals surface area contributed by atoms with Crippen LogP contribution in [0, 0.1) is 11.5 Å². The molecule has 2 rings (SSSR count). The minimum Gasteiger partial charge on any atom is -0.317 e. The minimum atomic E-state index is -4.48. The molecule has 0 aliphatic heterocycles. The monoisotopic (exact) mass is 366 g/mol. The maximum Gasteiger partial charge on any atom is 0.417 e. The van der Waals surface area contributed by atoms with Crippen molar-refractivity contribution in [2.75, 3.05) is 5.32 Å². The summed E-state index contributed by atoms with van der Waals surface area (Å²) < 4.78 is 37.4. The predicted molar refractivity (Wildman–Crippen MR) is 92.6 cm³/mol. The van der Waals surface area contributed by atoms with Gasteiger partial charge in [0, 0.05) is 18.5 Å². The molecule has 0 amide bonds. The van der Waals surface area contributed by atoms with Crippen molar-refractivity contribution < 1.29 is 13.2 Å². The Kier molecular flexibility index (Phi) is 5.68. The van der Waals surface area contributed by atoms with Crippen LogP contribution in [0.1, 0.15) is 36.6 Å². The van der Waals surface area contributed by atoms with Gasteiger partial charge in [-0.3, -0.25) is 10.4 Å². The second-order valence-corrected chi connectivity index (χ2v) is 5.84. The summed E-state index contributed by atoms with van der Waals surface area (Å²) in [6.45, 7) is 4.04. The van der Waals surface area contributed by atoms with E-state index in [-0.39, 0.29) is 22.7 Å². The molecule has 0 unspecified atom stereocenters. The standard InChI is InChI=1S/C16H15F3N5S/c1-9(2)10-5-6-21-12(7-10)14(20)24-15(25)23-13-4-3-11(8-22-13)16(17,18)19/h3,5-9H,1-2H3,(H3,20,22,23,24,25). The molecule has 0 saturated carbocycles. The number of halogens is 3. The lowest BCUT2D eigenvalue weighted by atomic mass is 10.0. The largest absolute Gasteiger partial charge is 0.417 e. The van der Waals surface area contributed by atoms with Crippen LogP contribution in [0.3, 0.4) is 0 Å². The highest BCUT2D eigenvalue weighted by Crippen LogP contribution is 2.28. The average Bonchev–Trinajstić information content (AvgIpc) is 2.54. The number of nitrogens with one attached hydrogen (secondary N) is 3. The molecule has 0 bridgehead atoms. The van der Waals surface area contributed by atoms with Gasteiger partial charge in [-0.25, -0.2) is 4.98 Å². The minimum absolute atomic E-state index is 0.00487. The molecular weight excluding hydrogens is 351 g/mol. The third-order valence-electron chi connectivity index (χ3n) is 3.20. The number of thiocarbonyl (C=S) groups is 1. The van der Waals surface area contributed by atoms with Gasteiger partial charge in [0.1, 0.15) is 11.5 Å². The molecule has 2 heterocycles. The number of hydrogen-bond acceptors (Lipinski definition) is 4. The van der Waals surface area contributed by atoms with Crippen LogP contribution in [0.25, 0.3) is 0 Å². The molecule has 131 valence electrons. The van der Waals surface area contributed by atoms with Gasteiger partial charge in [0.05, 0.1) is 5.56 Å². The number of anilines is 1. The Hall–Kier alpha value is -2.55. The number of pyridine rings is 2. The van der Waals surface area contributed by atoms with Crippen molar-refractivity contribution in [1.82, 2.24) is 15.3 Å². The lowest BCUT2D eigenvalue weighted by molar-refractivity contribution is -0.137. The van der Waals surface area contributed by atoms with E-state index in [4.69, 9.17) is 17.6 Å². The van der Waals surface area contributed by atoms with E-state index in [2.05, 4.69) is 26.7 Å². The van der Waals surface area contributed by atoms with Crippen molar-refractivity contribution in [3.63, 3.8) is 0 Å². The van der Waals surface area contributed by atoms with Gasteiger partial charge in [-0.1, -0.05) is 13.8 Å². The summed E-state index contributed by atoms with van der Waals surface area (Å²) >= 11 is 5.03. The number of rotatable bonds is 3. The molecule has 0 aliphatic rings. The second kappa shape index (κ2) is 7.56. The lowest BCUT2D eigenvalue weighted by Crippen LogP contribution is -2.35. The third-order valence-corrected chi connectivity index (χ3v) is 3.41. The van der Waals surface area contributed by atoms with Crippen molar-refractivity contribution in [1.29, 1.82) is 5.41 Å². The lowest BCUT2D eigenvalue weighted by Gasteiger charge is -2.12. The molecular formula is C16H15F3N5S. The highest BCUT2D eigenvalue weighted by molar-refractivity contribution is 7.80. The number of aromatic nitrogens is 2. The average molecular weight is 366 g/mol. The van der Waals surface area contributed by atoms with Gasteiger partial charge in [-0.2, -0.15) is 13.2 Å². The first-order chi connectivity index (χ1) is 11.7. The highest BCUT2D eigenvalue weighted by Gasteiger charge is 2.30. The van der Waals surface area contributed by atoms with Crippen LogP contribution >= 0.6 is 12.2 Å². The van der Waals surface area contributed by atoms with E-state index >= 15 is 0 Å². The molecule has 0 spiro atoms. The van der Waals surface area contributed by atoms with Crippen LogP contribution in [-0.4, -0.2) is 20.9 Å². The van der Waals surface area contributed by atoms with E-state index in [1.54, 1.807) is 12.3 Å². The van der Waals surface area contributed by atoms with Gasteiger partial charge in [0.15, 0.2) is 10.9 Å². The number of alkyl halides is 3. The molecule has 3 N–H and O–H groups in total. The van der Waals surface area contributed by atoms with Crippen LogP contribution in [0.2, 0.25) is 0 Å². The zero-order valence-corrected chi connectivity index (χ0v) is 14.2. The molecule has 2 aromatic heterocycles. The highest BCUT2D eigenvalue weighted by atomic mass is 32.1. The molecule has 0 aromatic carbocycles. The van der Waals surface area contributed by atoms with Gasteiger partial charge >= 0.3 is 6.18 Å². The molecule has 5 nitrogen and oxygen atoms in total. The Morgan fingerprint density at radius 1 is 1.32 bits per heavy atom. The van der Waals surface area contributed by atoms with Gasteiger partial charge in [-0.05, 0) is 41.9 Å². The van der Waals surface area contributed by atoms with E-state index in [0.29, 0.717) is 11.9 Å². The maximum absolute atomic E-state index is 12.5. The Morgan fingerprint density at radius 2 is 2.04 bits per heavy atom. The maximum atomic E-state index is 12.5. The van der Waals surface area contributed by atoms with Crippen molar-refractivity contribution in [3.05, 3.63) is 53.5 Å². The normalized spacial score (nSPS) is 11.3. The molecule has 0 aliphatic carbocycles. The number of nitrogens with zero attached hydrogens (tertiary/aromatic N) is 2. The molecule has 1 radical (unpaired) electrons. The fraction of sp³-hybridized carbons (Fsp3) is 0.250. The summed E-state index contributed by atoms with van der Waals surface area (Å²) in [6, 6.07) is 6.76. The summed E-state index contributed by atoms with van der Waals surface area (Å²) in [5.74, 6) is 0.264. The SMILES string of the molecule is CC(C)c1ccnc(C(=N)NC(=S)Nc2[c]cc(C(F)(F)F)cn2)c1. The smallest absolute Gasteiger partial charge is 0.317 e. The second-order valence-electron chi connectivity index (χ2n) is 5.43. The van der Waals surface area contributed by atoms with Crippen LogP contribution in [-0.2, 0) is 6.18 Å². The number of hydrogen-bond donors (Lipinski definition) is 3. The first kappa shape index (κ1) is 18.8. The first-order valence-electron chi connectivity index (χ1n) is 7.24. The fourth-order valence-electron chi connectivity index (χ4n) is 1.84. The Bertz CT molecular complexity index is 772. The Balaban J connectivity index is 2.00. The first-order valence-corrected chi connectivity index (χ1v) is 7.65. The molecule has 0 fully saturated rings. The topological polar surface area (TPSA) is 73.7 Å². The summed E-state index contributed by atoms with van der Waals surface area (Å²) in [4.78, 5) is 7.70. The van der Waals surface area contributed by atoms with Crippen LogP contribution in [0.4, 0.5) is 19.0 Å². The van der Waals surface area contributed by atoms with Crippen LogP contribution in [0.5, 0.6) is 0 Å². The number of amidine groups is 1. The molecule has 25 heavy (non-hydrogen) atoms. The molecule has 0 atom stereocenters. The Labute approximate surface area is 148 Å². The zero-order valence-electron chi connectivity index (χ0n) is 13.4. The van der Waals surface area contributed by atoms with Crippen LogP contribution < -0.4 is 10.6 Å². The summed E-state index contributed by atoms with van der Waals surface area (Å²) in [6.07, 6.45) is -2.20. The van der Waals surface area contributed by atoms with Crippen LogP contribution in [0.15, 0.2) is 30.6 Å². The van der Waals surface area contributed by atoms with Crippen molar-refractivity contribution in [3.8, 4) is 0 Å². The van der Waals surface area contributed by atoms with E-state index in [9.17, 15) is 13.2 Å².